The molecule has 0 aromatic heterocycles. The lowest BCUT2D eigenvalue weighted by Gasteiger charge is -2.23. The van der Waals surface area contributed by atoms with Crippen LogP contribution in [0.2, 0.25) is 0 Å². The van der Waals surface area contributed by atoms with Crippen LogP contribution in [0.1, 0.15) is 200 Å². The van der Waals surface area contributed by atoms with E-state index in [-0.39, 0.29) is 5.91 Å². The highest BCUT2D eigenvalue weighted by molar-refractivity contribution is 7.85. The molecule has 6 nitrogen and oxygen atoms in total. The predicted octanol–water partition coefficient (Wildman–Crippen LogP) is 12.3. The molecule has 0 spiro atoms. The number of aliphatic hydroxyl groups is 1. The van der Waals surface area contributed by atoms with E-state index in [1.54, 1.807) is 0 Å². The summed E-state index contributed by atoms with van der Waals surface area (Å²) in [5, 5.41) is 13.3. The Bertz CT molecular complexity index is 972. The van der Waals surface area contributed by atoms with Gasteiger partial charge in [0.2, 0.25) is 5.91 Å². The Morgan fingerprint density at radius 3 is 1.42 bits per heavy atom. The van der Waals surface area contributed by atoms with E-state index < -0.39 is 28.0 Å². The lowest BCUT2D eigenvalue weighted by molar-refractivity contribution is -0.122. The fourth-order valence-electron chi connectivity index (χ4n) is 6.21. The maximum Gasteiger partial charge on any atom is 0.266 e. The number of rotatable bonds is 37. The van der Waals surface area contributed by atoms with E-state index in [0.717, 1.165) is 64.2 Å². The molecular formula is C43H79NO5S. The van der Waals surface area contributed by atoms with Crippen molar-refractivity contribution in [3.63, 3.8) is 0 Å². The van der Waals surface area contributed by atoms with Gasteiger partial charge < -0.3 is 10.4 Å². The van der Waals surface area contributed by atoms with Crippen LogP contribution >= 0.6 is 0 Å². The zero-order valence-corrected chi connectivity index (χ0v) is 33.3. The number of nitrogens with one attached hydrogen (secondary N) is 1. The van der Waals surface area contributed by atoms with Gasteiger partial charge in [-0.2, -0.15) is 8.42 Å². The summed E-state index contributed by atoms with van der Waals surface area (Å²) in [6.45, 7) is 4.40. The van der Waals surface area contributed by atoms with Crippen molar-refractivity contribution in [1.29, 1.82) is 0 Å². The van der Waals surface area contributed by atoms with Crippen LogP contribution in [0.3, 0.4) is 0 Å². The van der Waals surface area contributed by atoms with Crippen LogP contribution in [0.25, 0.3) is 0 Å². The van der Waals surface area contributed by atoms with E-state index >= 15 is 0 Å². The van der Waals surface area contributed by atoms with Crippen LogP contribution in [-0.2, 0) is 14.9 Å². The van der Waals surface area contributed by atoms with Crippen molar-refractivity contribution in [2.75, 3.05) is 5.75 Å². The maximum absolute atomic E-state index is 12.5. The van der Waals surface area contributed by atoms with Gasteiger partial charge in [0.05, 0.1) is 17.9 Å². The standard InChI is InChI=1S/C43H79NO5S/c1-3-5-7-9-11-13-15-17-18-19-20-21-22-23-24-25-26-27-29-31-33-35-37-39-43(46)44-41(40-50(47,48)49)42(45)38-36-34-32-30-28-16-14-12-10-8-6-4-2/h5,7,11,13,17-18,20-21,41-42,45H,3-4,6,8-10,12,14-16,19,22-40H2,1-2H3,(H,44,46)(H,47,48,49)/b7-5-,13-11-,18-17-,21-20-. The summed E-state index contributed by atoms with van der Waals surface area (Å²) in [5.41, 5.74) is 0. The van der Waals surface area contributed by atoms with Crippen LogP contribution in [0, 0.1) is 0 Å². The zero-order chi connectivity index (χ0) is 36.8. The monoisotopic (exact) mass is 722 g/mol. The summed E-state index contributed by atoms with van der Waals surface area (Å²) < 4.78 is 32.5. The first-order valence-electron chi connectivity index (χ1n) is 20.8. The Balaban J connectivity index is 3.82. The number of allylic oxidation sites excluding steroid dienone is 8. The van der Waals surface area contributed by atoms with Gasteiger partial charge in [0.1, 0.15) is 0 Å². The van der Waals surface area contributed by atoms with Crippen molar-refractivity contribution in [2.45, 2.75) is 212 Å². The molecule has 2 atom stereocenters. The first-order chi connectivity index (χ1) is 24.3. The molecule has 0 aromatic rings. The molecule has 7 heteroatoms. The van der Waals surface area contributed by atoms with Gasteiger partial charge in [-0.1, -0.05) is 191 Å². The molecule has 3 N–H and O–H groups in total. The van der Waals surface area contributed by atoms with E-state index in [9.17, 15) is 22.9 Å². The lowest BCUT2D eigenvalue weighted by Crippen LogP contribution is -2.47. The van der Waals surface area contributed by atoms with Crippen molar-refractivity contribution in [3.8, 4) is 0 Å². The molecule has 50 heavy (non-hydrogen) atoms. The second kappa shape index (κ2) is 37.1. The van der Waals surface area contributed by atoms with Crippen molar-refractivity contribution >= 4 is 16.0 Å². The van der Waals surface area contributed by atoms with E-state index in [4.69, 9.17) is 0 Å². The number of carbonyl (C=O) groups is 1. The summed E-state index contributed by atoms with van der Waals surface area (Å²) in [7, 11) is -4.31. The Morgan fingerprint density at radius 1 is 0.560 bits per heavy atom. The van der Waals surface area contributed by atoms with E-state index in [0.29, 0.717) is 12.8 Å². The quantitative estimate of drug-likeness (QED) is 0.0336. The molecule has 0 aliphatic rings. The molecule has 1 amide bonds. The van der Waals surface area contributed by atoms with Crippen LogP contribution in [-0.4, -0.2) is 41.9 Å². The number of hydrogen-bond donors (Lipinski definition) is 3. The summed E-state index contributed by atoms with van der Waals surface area (Å²) in [6, 6.07) is -0.973. The summed E-state index contributed by atoms with van der Waals surface area (Å²) in [6.07, 6.45) is 49.2. The normalized spacial score (nSPS) is 13.8. The number of carbonyl (C=O) groups excluding carboxylic acids is 1. The van der Waals surface area contributed by atoms with Crippen LogP contribution in [0.5, 0.6) is 0 Å². The van der Waals surface area contributed by atoms with Crippen LogP contribution < -0.4 is 5.32 Å². The third-order valence-electron chi connectivity index (χ3n) is 9.30. The molecule has 0 bridgehead atoms. The molecule has 0 saturated carbocycles. The van der Waals surface area contributed by atoms with Gasteiger partial charge in [-0.15, -0.1) is 0 Å². The van der Waals surface area contributed by atoms with Gasteiger partial charge in [0.25, 0.3) is 10.1 Å². The predicted molar refractivity (Wildman–Crippen MR) is 216 cm³/mol. The minimum atomic E-state index is -4.31. The summed E-state index contributed by atoms with van der Waals surface area (Å²) >= 11 is 0. The zero-order valence-electron chi connectivity index (χ0n) is 32.5. The summed E-state index contributed by atoms with van der Waals surface area (Å²) in [5.74, 6) is -0.902. The highest BCUT2D eigenvalue weighted by atomic mass is 32.2. The van der Waals surface area contributed by atoms with Crippen molar-refractivity contribution in [2.24, 2.45) is 0 Å². The largest absolute Gasteiger partial charge is 0.391 e. The third-order valence-corrected chi connectivity index (χ3v) is 10.1. The Labute approximate surface area is 309 Å². The first-order valence-corrected chi connectivity index (χ1v) is 22.4. The van der Waals surface area contributed by atoms with E-state index in [1.165, 1.54) is 109 Å². The molecule has 0 rings (SSSR count). The van der Waals surface area contributed by atoms with E-state index in [1.807, 2.05) is 0 Å². The van der Waals surface area contributed by atoms with Crippen molar-refractivity contribution < 1.29 is 22.9 Å². The Hall–Kier alpha value is -1.70. The average molecular weight is 722 g/mol. The fourth-order valence-corrected chi connectivity index (χ4v) is 6.97. The van der Waals surface area contributed by atoms with E-state index in [2.05, 4.69) is 67.8 Å². The second-order valence-corrected chi connectivity index (χ2v) is 15.7. The minimum absolute atomic E-state index is 0.252. The van der Waals surface area contributed by atoms with Gasteiger partial charge in [0.15, 0.2) is 0 Å². The molecule has 0 aliphatic carbocycles. The average Bonchev–Trinajstić information content (AvgIpc) is 3.08. The molecule has 292 valence electrons. The van der Waals surface area contributed by atoms with Crippen LogP contribution in [0.15, 0.2) is 48.6 Å². The topological polar surface area (TPSA) is 104 Å². The molecule has 2 unspecified atom stereocenters. The molecular weight excluding hydrogens is 643 g/mol. The molecule has 0 radical (unpaired) electrons. The first kappa shape index (κ1) is 48.3. The smallest absolute Gasteiger partial charge is 0.266 e. The van der Waals surface area contributed by atoms with Gasteiger partial charge in [-0.25, -0.2) is 0 Å². The van der Waals surface area contributed by atoms with Crippen LogP contribution in [0.4, 0.5) is 0 Å². The van der Waals surface area contributed by atoms with Gasteiger partial charge in [0, 0.05) is 6.42 Å². The number of amides is 1. The fraction of sp³-hybridized carbons (Fsp3) is 0.791. The van der Waals surface area contributed by atoms with Crippen molar-refractivity contribution in [3.05, 3.63) is 48.6 Å². The molecule has 0 heterocycles. The maximum atomic E-state index is 12.5. The summed E-state index contributed by atoms with van der Waals surface area (Å²) in [4.78, 5) is 12.5. The highest BCUT2D eigenvalue weighted by Gasteiger charge is 2.26. The Morgan fingerprint density at radius 2 is 0.960 bits per heavy atom. The van der Waals surface area contributed by atoms with Gasteiger partial charge >= 0.3 is 0 Å². The SMILES string of the molecule is CC/C=C\C/C=C\C/C=C\C/C=C\CCCCCCCCCCCCC(=O)NC(CS(=O)(=O)O)C(O)CCCCCCCCCCCCCC. The molecule has 0 fully saturated rings. The molecule has 0 aliphatic heterocycles. The third kappa shape index (κ3) is 37.6. The Kier molecular flexibility index (Phi) is 35.8. The van der Waals surface area contributed by atoms with Gasteiger partial charge in [-0.05, 0) is 51.4 Å². The van der Waals surface area contributed by atoms with Crippen molar-refractivity contribution in [1.82, 2.24) is 5.32 Å². The van der Waals surface area contributed by atoms with Gasteiger partial charge in [-0.3, -0.25) is 9.35 Å². The second-order valence-electron chi connectivity index (χ2n) is 14.2. The molecule has 0 aromatic carbocycles. The number of aliphatic hydroxyl groups excluding tert-OH is 1. The lowest BCUT2D eigenvalue weighted by atomic mass is 10.0. The number of unbranched alkanes of at least 4 members (excludes halogenated alkanes) is 21. The minimum Gasteiger partial charge on any atom is -0.391 e. The molecule has 0 saturated heterocycles. The highest BCUT2D eigenvalue weighted by Crippen LogP contribution is 2.15. The number of hydrogen-bond acceptors (Lipinski definition) is 4.